The van der Waals surface area contributed by atoms with Crippen LogP contribution in [0.3, 0.4) is 0 Å². The Balaban J connectivity index is 0.00000145. The molecule has 2 heterocycles. The van der Waals surface area contributed by atoms with Gasteiger partial charge in [0.15, 0.2) is 0 Å². The van der Waals surface area contributed by atoms with Gasteiger partial charge in [-0.1, -0.05) is 18.2 Å². The SMILES string of the molecule is CCO[Si](CCCNC(=O)N1CCN(C(=O)c2ccccc2-c2c3ccc(=[N+](CC)CC)cc-3oc3cc(N(CC)CC)ccc23)CC1)(OCC)OCC.O=S([O-])O[O-]. The van der Waals surface area contributed by atoms with Gasteiger partial charge in [-0.05, 0) is 84.7 Å². The number of hydrogen-bond donors (Lipinski definition) is 1. The molecule has 3 amide bonds. The summed E-state index contributed by atoms with van der Waals surface area (Å²) in [6.45, 7) is 21.9. The minimum absolute atomic E-state index is 0.0451. The summed E-state index contributed by atoms with van der Waals surface area (Å²) in [5.41, 5.74) is 5.32. The number of piperazine rings is 1. The Kier molecular flexibility index (Phi) is 19.0. The molecular formula is C42H60N5O10SSi-. The fourth-order valence-electron chi connectivity index (χ4n) is 7.51. The Hall–Kier alpha value is -4.20. The first kappa shape index (κ1) is 47.5. The normalized spacial score (nSPS) is 13.6. The third-order valence-electron chi connectivity index (χ3n) is 10.3. The van der Waals surface area contributed by atoms with Crippen molar-refractivity contribution in [1.82, 2.24) is 19.7 Å². The van der Waals surface area contributed by atoms with Gasteiger partial charge in [0, 0.05) is 112 Å². The Morgan fingerprint density at radius 1 is 0.847 bits per heavy atom. The van der Waals surface area contributed by atoms with Crippen LogP contribution in [0.15, 0.2) is 65.1 Å². The lowest BCUT2D eigenvalue weighted by Crippen LogP contribution is -2.53. The number of nitrogens with zero attached hydrogens (tertiary/aromatic N) is 4. The highest BCUT2D eigenvalue weighted by Gasteiger charge is 2.39. The van der Waals surface area contributed by atoms with Crippen LogP contribution in [0.25, 0.3) is 33.4 Å². The van der Waals surface area contributed by atoms with E-state index in [9.17, 15) is 9.59 Å². The second kappa shape index (κ2) is 23.6. The number of carbonyl (C=O) groups is 2. The number of nitrogens with one attached hydrogen (secondary N) is 1. The fourth-order valence-corrected chi connectivity index (χ4v) is 10.1. The standard InChI is InChI=1S/C42H59N5O6Si.H2O4S/c1-8-44(9-2)32-20-22-36-38(30-32)53-39-31-33(45(10-3)11-4)21-23-37(39)40(36)34-18-15-16-19-35(34)41(48)46-25-27-47(28-26-46)42(49)43-24-17-29-54(50-12-5,51-13-6)52-14-7;1-4-5(2)3/h15-16,18-23,30-31H,8-14,17,24-29H2,1-7H3;1H,(H,2,3)/p-1. The molecule has 5 rings (SSSR count). The maximum absolute atomic E-state index is 14.4. The Morgan fingerprint density at radius 2 is 1.46 bits per heavy atom. The van der Waals surface area contributed by atoms with Crippen LogP contribution in [0.4, 0.5) is 10.5 Å². The van der Waals surface area contributed by atoms with Crippen molar-refractivity contribution in [2.45, 2.75) is 60.9 Å². The molecule has 0 aromatic heterocycles. The van der Waals surface area contributed by atoms with E-state index in [1.165, 1.54) is 0 Å². The average Bonchev–Trinajstić information content (AvgIpc) is 3.25. The van der Waals surface area contributed by atoms with E-state index < -0.39 is 20.2 Å². The van der Waals surface area contributed by atoms with Gasteiger partial charge < -0.3 is 51.9 Å². The summed E-state index contributed by atoms with van der Waals surface area (Å²) >= 11 is -2.88. The largest absolute Gasteiger partial charge is 0.750 e. The lowest BCUT2D eigenvalue weighted by Gasteiger charge is -2.35. The molecule has 59 heavy (non-hydrogen) atoms. The van der Waals surface area contributed by atoms with Crippen molar-refractivity contribution >= 4 is 48.8 Å². The zero-order valence-electron chi connectivity index (χ0n) is 35.5. The molecule has 17 heteroatoms. The molecule has 2 aromatic rings. The summed E-state index contributed by atoms with van der Waals surface area (Å²) in [6, 6.07) is 21.2. The number of amides is 3. The van der Waals surface area contributed by atoms with Crippen LogP contribution in [-0.4, -0.2) is 118 Å². The quantitative estimate of drug-likeness (QED) is 0.0276. The number of urea groups is 1. The van der Waals surface area contributed by atoms with Gasteiger partial charge in [-0.15, -0.1) is 0 Å². The van der Waals surface area contributed by atoms with E-state index in [0.717, 1.165) is 70.6 Å². The number of benzene rings is 3. The van der Waals surface area contributed by atoms with Crippen LogP contribution in [0.5, 0.6) is 0 Å². The molecule has 3 aliphatic rings. The number of hydrogen-bond acceptors (Lipinski definition) is 11. The van der Waals surface area contributed by atoms with E-state index in [1.807, 2.05) is 49.9 Å². The van der Waals surface area contributed by atoms with Gasteiger partial charge in [-0.3, -0.25) is 4.79 Å². The van der Waals surface area contributed by atoms with Crippen LogP contribution in [0, 0.1) is 0 Å². The minimum Gasteiger partial charge on any atom is -0.750 e. The van der Waals surface area contributed by atoms with Crippen LogP contribution >= 0.6 is 0 Å². The predicted octanol–water partition coefficient (Wildman–Crippen LogP) is 4.84. The molecular weight excluding hydrogens is 795 g/mol. The average molecular weight is 855 g/mol. The van der Waals surface area contributed by atoms with E-state index in [1.54, 1.807) is 4.90 Å². The van der Waals surface area contributed by atoms with Gasteiger partial charge in [0.05, 0.1) is 17.4 Å². The molecule has 1 aliphatic carbocycles. The number of fused-ring (bicyclic) bond motifs is 2. The van der Waals surface area contributed by atoms with Crippen LogP contribution < -0.4 is 25.4 Å². The molecule has 2 aromatic carbocycles. The molecule has 1 atom stereocenters. The Morgan fingerprint density at radius 3 is 2.03 bits per heavy atom. The van der Waals surface area contributed by atoms with Gasteiger partial charge in [0.25, 0.3) is 5.91 Å². The first-order valence-electron chi connectivity index (χ1n) is 20.6. The van der Waals surface area contributed by atoms with E-state index in [0.29, 0.717) is 70.6 Å². The zero-order valence-corrected chi connectivity index (χ0v) is 37.3. The van der Waals surface area contributed by atoms with Crippen LogP contribution in [-0.2, 0) is 29.0 Å². The molecule has 1 fully saturated rings. The highest BCUT2D eigenvalue weighted by molar-refractivity contribution is 7.73. The van der Waals surface area contributed by atoms with Gasteiger partial charge in [0.1, 0.15) is 24.4 Å². The summed E-state index contributed by atoms with van der Waals surface area (Å²) in [5, 5.41) is 13.6. The van der Waals surface area contributed by atoms with Crippen LogP contribution in [0.1, 0.15) is 65.2 Å². The van der Waals surface area contributed by atoms with Crippen molar-refractivity contribution in [3.05, 3.63) is 71.6 Å². The molecule has 0 spiro atoms. The third-order valence-corrected chi connectivity index (χ3v) is 13.6. The second-order valence-electron chi connectivity index (χ2n) is 13.6. The number of rotatable bonds is 18. The fraction of sp³-hybridized carbons (Fsp3) is 0.500. The molecule has 1 saturated heterocycles. The van der Waals surface area contributed by atoms with Crippen molar-refractivity contribution < 1.29 is 45.6 Å². The summed E-state index contributed by atoms with van der Waals surface area (Å²) in [7, 11) is -2.76. The number of carbonyl (C=O) groups excluding carboxylic acids is 2. The van der Waals surface area contributed by atoms with Gasteiger partial charge in [0.2, 0.25) is 5.36 Å². The Labute approximate surface area is 351 Å². The predicted molar refractivity (Wildman–Crippen MR) is 229 cm³/mol. The van der Waals surface area contributed by atoms with Gasteiger partial charge in [-0.25, -0.2) is 13.6 Å². The lowest BCUT2D eigenvalue weighted by molar-refractivity contribution is -0.635. The van der Waals surface area contributed by atoms with Crippen molar-refractivity contribution in [2.24, 2.45) is 0 Å². The maximum Gasteiger partial charge on any atom is 0.500 e. The number of anilines is 1. The molecule has 0 saturated carbocycles. The lowest BCUT2D eigenvalue weighted by atomic mass is 9.90. The molecule has 0 bridgehead atoms. The monoisotopic (exact) mass is 854 g/mol. The van der Waals surface area contributed by atoms with E-state index in [4.69, 9.17) is 31.7 Å². The second-order valence-corrected chi connectivity index (χ2v) is 16.9. The van der Waals surface area contributed by atoms with Crippen molar-refractivity contribution in [1.29, 1.82) is 0 Å². The Bertz CT molecular complexity index is 2010. The highest BCUT2D eigenvalue weighted by atomic mass is 32.2. The van der Waals surface area contributed by atoms with E-state index >= 15 is 0 Å². The molecule has 1 N–H and O–H groups in total. The minimum atomic E-state index is -2.88. The van der Waals surface area contributed by atoms with Crippen molar-refractivity contribution in [2.75, 3.05) is 83.6 Å². The topological polar surface area (TPSA) is 172 Å². The maximum atomic E-state index is 14.4. The highest BCUT2D eigenvalue weighted by Crippen LogP contribution is 2.42. The van der Waals surface area contributed by atoms with E-state index in [2.05, 4.69) is 83.2 Å². The summed E-state index contributed by atoms with van der Waals surface area (Å²) in [5.74, 6) is 0.735. The molecule has 15 nitrogen and oxygen atoms in total. The first-order valence-corrected chi connectivity index (χ1v) is 23.5. The van der Waals surface area contributed by atoms with Crippen molar-refractivity contribution in [3.8, 4) is 22.5 Å². The zero-order chi connectivity index (χ0) is 43.0. The molecule has 324 valence electrons. The third kappa shape index (κ3) is 12.2. The molecule has 0 radical (unpaired) electrons. The van der Waals surface area contributed by atoms with Crippen LogP contribution in [0.2, 0.25) is 6.04 Å². The molecule has 2 aliphatic heterocycles. The summed E-state index contributed by atoms with van der Waals surface area (Å²) in [4.78, 5) is 33.5. The first-order chi connectivity index (χ1) is 28.5. The molecule has 1 unspecified atom stereocenters. The summed E-state index contributed by atoms with van der Waals surface area (Å²) in [6.07, 6.45) is 0.691. The van der Waals surface area contributed by atoms with Gasteiger partial charge in [-0.2, -0.15) is 0 Å². The van der Waals surface area contributed by atoms with Gasteiger partial charge >= 0.3 is 14.8 Å². The summed E-state index contributed by atoms with van der Waals surface area (Å²) < 4.78 is 46.9. The van der Waals surface area contributed by atoms with E-state index in [-0.39, 0.29) is 11.9 Å². The van der Waals surface area contributed by atoms with Crippen molar-refractivity contribution in [3.63, 3.8) is 0 Å². The smallest absolute Gasteiger partial charge is 0.500 e.